The Morgan fingerprint density at radius 2 is 1.93 bits per heavy atom. The lowest BCUT2D eigenvalue weighted by molar-refractivity contribution is -0.143. The molecule has 1 aliphatic rings. The molecule has 1 aromatic carbocycles. The second-order valence-electron chi connectivity index (χ2n) is 6.17. The van der Waals surface area contributed by atoms with E-state index in [9.17, 15) is 27.2 Å². The van der Waals surface area contributed by atoms with Gasteiger partial charge in [0, 0.05) is 6.04 Å². The summed E-state index contributed by atoms with van der Waals surface area (Å²) in [6, 6.07) is 4.08. The summed E-state index contributed by atoms with van der Waals surface area (Å²) in [4.78, 5) is 23.3. The molecule has 1 amide bonds. The summed E-state index contributed by atoms with van der Waals surface area (Å²) in [7, 11) is 0. The molecule has 2 aromatic rings. The number of aliphatic carboxylic acids is 1. The van der Waals surface area contributed by atoms with Gasteiger partial charge in [0.2, 0.25) is 0 Å². The van der Waals surface area contributed by atoms with Crippen LogP contribution in [0.2, 0.25) is 0 Å². The Balaban J connectivity index is 1.91. The summed E-state index contributed by atoms with van der Waals surface area (Å²) in [6.07, 6.45) is -4.26. The Kier molecular flexibility index (Phi) is 4.85. The van der Waals surface area contributed by atoms with Gasteiger partial charge >= 0.3 is 12.1 Å². The highest BCUT2D eigenvalue weighted by atomic mass is 19.4. The highest BCUT2D eigenvalue weighted by Crippen LogP contribution is 2.33. The van der Waals surface area contributed by atoms with E-state index in [4.69, 9.17) is 5.11 Å². The normalized spacial score (nSPS) is 19.9. The third-order valence-corrected chi connectivity index (χ3v) is 4.35. The number of aromatic nitrogens is 3. The van der Waals surface area contributed by atoms with Crippen molar-refractivity contribution in [2.75, 3.05) is 0 Å². The van der Waals surface area contributed by atoms with Gasteiger partial charge in [-0.25, -0.2) is 9.07 Å². The predicted molar refractivity (Wildman–Crippen MR) is 82.6 cm³/mol. The van der Waals surface area contributed by atoms with Crippen LogP contribution >= 0.6 is 0 Å². The Hall–Kier alpha value is -2.98. The first-order chi connectivity index (χ1) is 12.7. The number of carboxylic acids is 1. The van der Waals surface area contributed by atoms with Gasteiger partial charge in [0.15, 0.2) is 11.4 Å². The van der Waals surface area contributed by atoms with Crippen LogP contribution in [0.1, 0.15) is 35.4 Å². The van der Waals surface area contributed by atoms with Gasteiger partial charge in [-0.05, 0) is 31.4 Å². The number of carbonyl (C=O) groups excluding carboxylic acids is 1. The highest BCUT2D eigenvalue weighted by molar-refractivity contribution is 5.93. The molecule has 1 saturated carbocycles. The van der Waals surface area contributed by atoms with Gasteiger partial charge in [-0.15, -0.1) is 5.10 Å². The van der Waals surface area contributed by atoms with Crippen LogP contribution in [-0.4, -0.2) is 38.0 Å². The molecular formula is C16H14F4N4O3. The quantitative estimate of drug-likeness (QED) is 0.787. The van der Waals surface area contributed by atoms with E-state index in [2.05, 4.69) is 15.6 Å². The van der Waals surface area contributed by atoms with Crippen molar-refractivity contribution >= 4 is 11.9 Å². The van der Waals surface area contributed by atoms with E-state index < -0.39 is 52.9 Å². The molecule has 1 heterocycles. The average Bonchev–Trinajstić information content (AvgIpc) is 3.21. The van der Waals surface area contributed by atoms with Gasteiger partial charge in [-0.1, -0.05) is 17.3 Å². The molecule has 11 heteroatoms. The lowest BCUT2D eigenvalue weighted by Gasteiger charge is -2.14. The largest absolute Gasteiger partial charge is 0.481 e. The lowest BCUT2D eigenvalue weighted by atomic mass is 10.1. The van der Waals surface area contributed by atoms with Crippen LogP contribution in [-0.2, 0) is 11.0 Å². The number of alkyl halides is 3. The summed E-state index contributed by atoms with van der Waals surface area (Å²) in [5.41, 5.74) is -2.99. The molecule has 3 rings (SSSR count). The predicted octanol–water partition coefficient (Wildman–Crippen LogP) is 2.41. The van der Waals surface area contributed by atoms with Crippen molar-refractivity contribution in [2.24, 2.45) is 5.92 Å². The first-order valence-electron chi connectivity index (χ1n) is 8.00. The molecule has 144 valence electrons. The van der Waals surface area contributed by atoms with E-state index in [1.165, 1.54) is 12.1 Å². The zero-order valence-corrected chi connectivity index (χ0v) is 13.7. The minimum absolute atomic E-state index is 0.115. The van der Waals surface area contributed by atoms with Gasteiger partial charge < -0.3 is 10.4 Å². The molecule has 1 aliphatic carbocycles. The maximum Gasteiger partial charge on any atom is 0.435 e. The van der Waals surface area contributed by atoms with E-state index in [1.54, 1.807) is 0 Å². The average molecular weight is 386 g/mol. The zero-order chi connectivity index (χ0) is 19.8. The Morgan fingerprint density at radius 3 is 2.52 bits per heavy atom. The zero-order valence-electron chi connectivity index (χ0n) is 13.7. The van der Waals surface area contributed by atoms with Gasteiger partial charge in [-0.3, -0.25) is 9.59 Å². The van der Waals surface area contributed by atoms with Crippen LogP contribution in [0.3, 0.4) is 0 Å². The van der Waals surface area contributed by atoms with E-state index in [-0.39, 0.29) is 11.1 Å². The number of carboxylic acid groups (broad SMARTS) is 1. The SMILES string of the molecule is O=C(N[C@@H]1CC[C@H](C(=O)O)C1)c1nnn(-c2ccccc2F)c1C(F)(F)F. The van der Waals surface area contributed by atoms with Gasteiger partial charge in [-0.2, -0.15) is 13.2 Å². The number of benzene rings is 1. The fraction of sp³-hybridized carbons (Fsp3) is 0.375. The number of hydrogen-bond donors (Lipinski definition) is 2. The Bertz CT molecular complexity index is 881. The highest BCUT2D eigenvalue weighted by Gasteiger charge is 2.43. The maximum atomic E-state index is 13.9. The maximum absolute atomic E-state index is 13.9. The number of carbonyl (C=O) groups is 2. The lowest BCUT2D eigenvalue weighted by Crippen LogP contribution is -2.35. The molecule has 0 aliphatic heterocycles. The van der Waals surface area contributed by atoms with Gasteiger partial charge in [0.05, 0.1) is 5.92 Å². The van der Waals surface area contributed by atoms with Crippen LogP contribution in [0.4, 0.5) is 17.6 Å². The third-order valence-electron chi connectivity index (χ3n) is 4.35. The number of para-hydroxylation sites is 1. The van der Waals surface area contributed by atoms with Gasteiger partial charge in [0.1, 0.15) is 11.5 Å². The first-order valence-corrected chi connectivity index (χ1v) is 8.00. The Labute approximate surface area is 150 Å². The van der Waals surface area contributed by atoms with Crippen molar-refractivity contribution in [3.05, 3.63) is 41.5 Å². The van der Waals surface area contributed by atoms with Crippen LogP contribution in [0, 0.1) is 11.7 Å². The molecule has 7 nitrogen and oxygen atoms in total. The minimum Gasteiger partial charge on any atom is -0.481 e. The summed E-state index contributed by atoms with van der Waals surface area (Å²) in [6.45, 7) is 0. The van der Waals surface area contributed by atoms with Gasteiger partial charge in [0.25, 0.3) is 5.91 Å². The third kappa shape index (κ3) is 3.76. The number of rotatable bonds is 4. The second-order valence-corrected chi connectivity index (χ2v) is 6.17. The molecule has 27 heavy (non-hydrogen) atoms. The number of nitrogens with zero attached hydrogens (tertiary/aromatic N) is 3. The molecule has 0 spiro atoms. The topological polar surface area (TPSA) is 97.1 Å². The van der Waals surface area contributed by atoms with Crippen LogP contribution in [0.15, 0.2) is 24.3 Å². The van der Waals surface area contributed by atoms with Crippen molar-refractivity contribution in [1.29, 1.82) is 0 Å². The van der Waals surface area contributed by atoms with E-state index in [1.807, 2.05) is 0 Å². The summed E-state index contributed by atoms with van der Waals surface area (Å²) >= 11 is 0. The summed E-state index contributed by atoms with van der Waals surface area (Å²) in [5, 5.41) is 17.9. The van der Waals surface area contributed by atoms with Crippen molar-refractivity contribution in [2.45, 2.75) is 31.5 Å². The van der Waals surface area contributed by atoms with Crippen molar-refractivity contribution in [3.63, 3.8) is 0 Å². The van der Waals surface area contributed by atoms with E-state index in [0.717, 1.165) is 12.1 Å². The standard InChI is InChI=1S/C16H14F4N4O3/c17-10-3-1-2-4-11(10)24-13(16(18,19)20)12(22-23-24)14(25)21-9-6-5-8(7-9)15(26)27/h1-4,8-9H,5-7H2,(H,21,25)(H,26,27)/t8-,9+/m0/s1. The molecule has 2 atom stereocenters. The summed E-state index contributed by atoms with van der Waals surface area (Å²) in [5.74, 6) is -3.78. The van der Waals surface area contributed by atoms with E-state index >= 15 is 0 Å². The molecule has 0 bridgehead atoms. The molecule has 1 fully saturated rings. The minimum atomic E-state index is -5.02. The van der Waals surface area contributed by atoms with Crippen LogP contribution in [0.25, 0.3) is 5.69 Å². The van der Waals surface area contributed by atoms with Crippen molar-refractivity contribution < 1.29 is 32.3 Å². The van der Waals surface area contributed by atoms with Crippen molar-refractivity contribution in [1.82, 2.24) is 20.3 Å². The molecule has 0 unspecified atom stereocenters. The first kappa shape index (κ1) is 18.8. The number of nitrogens with one attached hydrogen (secondary N) is 1. The molecule has 2 N–H and O–H groups in total. The molecule has 0 radical (unpaired) electrons. The molecule has 0 saturated heterocycles. The van der Waals surface area contributed by atoms with E-state index in [0.29, 0.717) is 12.8 Å². The fourth-order valence-electron chi connectivity index (χ4n) is 3.07. The number of hydrogen-bond acceptors (Lipinski definition) is 4. The second kappa shape index (κ2) is 6.97. The van der Waals surface area contributed by atoms with Crippen LogP contribution < -0.4 is 5.32 Å². The number of amides is 1. The molecular weight excluding hydrogens is 372 g/mol. The fourth-order valence-corrected chi connectivity index (χ4v) is 3.07. The number of halogens is 4. The molecule has 1 aromatic heterocycles. The van der Waals surface area contributed by atoms with Crippen LogP contribution in [0.5, 0.6) is 0 Å². The van der Waals surface area contributed by atoms with Crippen molar-refractivity contribution in [3.8, 4) is 5.69 Å². The Morgan fingerprint density at radius 1 is 1.22 bits per heavy atom. The monoisotopic (exact) mass is 386 g/mol. The smallest absolute Gasteiger partial charge is 0.435 e. The summed E-state index contributed by atoms with van der Waals surface area (Å²) < 4.78 is 54.7.